The lowest BCUT2D eigenvalue weighted by Crippen LogP contribution is -2.25. The third-order valence-corrected chi connectivity index (χ3v) is 4.89. The maximum atomic E-state index is 12.0. The van der Waals surface area contributed by atoms with Gasteiger partial charge in [0.15, 0.2) is 0 Å². The van der Waals surface area contributed by atoms with Gasteiger partial charge < -0.3 is 16.4 Å². The zero-order valence-electron chi connectivity index (χ0n) is 11.5. The number of carbonyl (C=O) groups is 1. The molecule has 104 valence electrons. The van der Waals surface area contributed by atoms with Crippen molar-refractivity contribution in [2.75, 3.05) is 30.4 Å². The Labute approximate surface area is 118 Å². The van der Waals surface area contributed by atoms with E-state index in [1.807, 2.05) is 24.8 Å². The smallest absolute Gasteiger partial charge is 0.253 e. The lowest BCUT2D eigenvalue weighted by atomic mass is 10.1. The Morgan fingerprint density at radius 3 is 2.79 bits per heavy atom. The first-order chi connectivity index (χ1) is 9.10. The number of amides is 1. The predicted molar refractivity (Wildman–Crippen MR) is 82.8 cm³/mol. The highest BCUT2D eigenvalue weighted by molar-refractivity contribution is 8.00. The van der Waals surface area contributed by atoms with Gasteiger partial charge in [-0.2, -0.15) is 11.8 Å². The molecule has 2 rings (SSSR count). The van der Waals surface area contributed by atoms with Crippen LogP contribution in [0, 0.1) is 0 Å². The van der Waals surface area contributed by atoms with E-state index in [1.165, 1.54) is 12.8 Å². The summed E-state index contributed by atoms with van der Waals surface area (Å²) in [5, 5.41) is 6.21. The van der Waals surface area contributed by atoms with Gasteiger partial charge in [0, 0.05) is 29.2 Å². The number of nitrogens with two attached hydrogens (primary N) is 1. The number of benzene rings is 1. The van der Waals surface area contributed by atoms with Gasteiger partial charge in [0.05, 0.1) is 5.56 Å². The molecular formula is C14H21N3OS. The second kappa shape index (κ2) is 5.74. The molecule has 1 amide bonds. The van der Waals surface area contributed by atoms with E-state index in [0.717, 1.165) is 12.2 Å². The van der Waals surface area contributed by atoms with E-state index < -0.39 is 0 Å². The molecule has 0 unspecified atom stereocenters. The number of hydrogen-bond donors (Lipinski definition) is 3. The molecule has 1 fully saturated rings. The van der Waals surface area contributed by atoms with Crippen molar-refractivity contribution in [3.63, 3.8) is 0 Å². The maximum absolute atomic E-state index is 12.0. The second-order valence-electron chi connectivity index (χ2n) is 4.91. The number of carbonyl (C=O) groups excluding carboxylic acids is 1. The number of nitrogen functional groups attached to an aromatic ring is 1. The zero-order valence-corrected chi connectivity index (χ0v) is 12.3. The van der Waals surface area contributed by atoms with Crippen LogP contribution >= 0.6 is 11.8 Å². The topological polar surface area (TPSA) is 67.2 Å². The number of hydrogen-bond acceptors (Lipinski definition) is 4. The molecule has 1 aromatic rings. The van der Waals surface area contributed by atoms with Crippen LogP contribution in [0.25, 0.3) is 0 Å². The van der Waals surface area contributed by atoms with Gasteiger partial charge in [0.25, 0.3) is 5.91 Å². The van der Waals surface area contributed by atoms with Crippen molar-refractivity contribution in [1.29, 1.82) is 0 Å². The first-order valence-electron chi connectivity index (χ1n) is 6.57. The third kappa shape index (κ3) is 3.35. The molecule has 0 atom stereocenters. The molecule has 4 N–H and O–H groups in total. The SMILES string of the molecule is CCNC(=O)c1ccc(N)cc1NCC1(SC)CC1. The van der Waals surface area contributed by atoms with Crippen LogP contribution in [0.15, 0.2) is 18.2 Å². The van der Waals surface area contributed by atoms with Gasteiger partial charge in [0.1, 0.15) is 0 Å². The van der Waals surface area contributed by atoms with Crippen molar-refractivity contribution in [1.82, 2.24) is 5.32 Å². The monoisotopic (exact) mass is 279 g/mol. The summed E-state index contributed by atoms with van der Waals surface area (Å²) in [5.41, 5.74) is 7.97. The Morgan fingerprint density at radius 1 is 1.47 bits per heavy atom. The molecule has 1 aromatic carbocycles. The highest BCUT2D eigenvalue weighted by atomic mass is 32.2. The van der Waals surface area contributed by atoms with Crippen LogP contribution in [0.4, 0.5) is 11.4 Å². The van der Waals surface area contributed by atoms with Gasteiger partial charge in [-0.25, -0.2) is 0 Å². The van der Waals surface area contributed by atoms with Crippen molar-refractivity contribution < 1.29 is 4.79 Å². The molecular weight excluding hydrogens is 258 g/mol. The Morgan fingerprint density at radius 2 is 2.21 bits per heavy atom. The normalized spacial score (nSPS) is 15.9. The standard InChI is InChI=1S/C14H21N3OS/c1-3-16-13(18)11-5-4-10(15)8-12(11)17-9-14(19-2)6-7-14/h4-5,8,17H,3,6-7,9,15H2,1-2H3,(H,16,18). The Kier molecular flexibility index (Phi) is 4.24. The fourth-order valence-electron chi connectivity index (χ4n) is 2.01. The van der Waals surface area contributed by atoms with Crippen molar-refractivity contribution >= 4 is 29.0 Å². The van der Waals surface area contributed by atoms with Crippen LogP contribution in [-0.4, -0.2) is 30.0 Å². The van der Waals surface area contributed by atoms with Gasteiger partial charge >= 0.3 is 0 Å². The predicted octanol–water partition coefficient (Wildman–Crippen LogP) is 2.33. The molecule has 0 radical (unpaired) electrons. The van der Waals surface area contributed by atoms with E-state index in [4.69, 9.17) is 5.73 Å². The Balaban J connectivity index is 2.13. The van der Waals surface area contributed by atoms with Gasteiger partial charge in [0.2, 0.25) is 0 Å². The van der Waals surface area contributed by atoms with Crippen LogP contribution in [0.2, 0.25) is 0 Å². The molecule has 0 bridgehead atoms. The van der Waals surface area contributed by atoms with E-state index in [9.17, 15) is 4.79 Å². The molecule has 0 saturated heterocycles. The van der Waals surface area contributed by atoms with Crippen LogP contribution in [0.1, 0.15) is 30.1 Å². The first kappa shape index (κ1) is 14.1. The van der Waals surface area contributed by atoms with Crippen molar-refractivity contribution in [3.8, 4) is 0 Å². The highest BCUT2D eigenvalue weighted by Gasteiger charge is 2.41. The van der Waals surface area contributed by atoms with Crippen molar-refractivity contribution in [2.24, 2.45) is 0 Å². The van der Waals surface area contributed by atoms with Crippen molar-refractivity contribution in [2.45, 2.75) is 24.5 Å². The molecule has 19 heavy (non-hydrogen) atoms. The average molecular weight is 279 g/mol. The van der Waals surface area contributed by atoms with E-state index in [2.05, 4.69) is 16.9 Å². The summed E-state index contributed by atoms with van der Waals surface area (Å²) in [5.74, 6) is -0.0565. The quantitative estimate of drug-likeness (QED) is 0.699. The molecule has 0 aromatic heterocycles. The van der Waals surface area contributed by atoms with Crippen LogP contribution < -0.4 is 16.4 Å². The molecule has 1 saturated carbocycles. The lowest BCUT2D eigenvalue weighted by molar-refractivity contribution is 0.0956. The fraction of sp³-hybridized carbons (Fsp3) is 0.500. The van der Waals surface area contributed by atoms with Gasteiger partial charge in [-0.15, -0.1) is 0 Å². The maximum Gasteiger partial charge on any atom is 0.253 e. The van der Waals surface area contributed by atoms with Gasteiger partial charge in [-0.3, -0.25) is 4.79 Å². The van der Waals surface area contributed by atoms with Crippen LogP contribution in [-0.2, 0) is 0 Å². The summed E-state index contributed by atoms with van der Waals surface area (Å²) in [7, 11) is 0. The van der Waals surface area contributed by atoms with Gasteiger partial charge in [-0.1, -0.05) is 0 Å². The van der Waals surface area contributed by atoms with Crippen LogP contribution in [0.5, 0.6) is 0 Å². The van der Waals surface area contributed by atoms with E-state index in [1.54, 1.807) is 12.1 Å². The summed E-state index contributed by atoms with van der Waals surface area (Å²) < 4.78 is 0.350. The largest absolute Gasteiger partial charge is 0.399 e. The molecule has 1 aliphatic rings. The molecule has 0 aliphatic heterocycles. The van der Waals surface area contributed by atoms with Crippen molar-refractivity contribution in [3.05, 3.63) is 23.8 Å². The second-order valence-corrected chi connectivity index (χ2v) is 6.18. The number of rotatable bonds is 6. The van der Waals surface area contributed by atoms with E-state index >= 15 is 0 Å². The summed E-state index contributed by atoms with van der Waals surface area (Å²) in [6, 6.07) is 5.37. The fourth-order valence-corrected chi connectivity index (χ4v) is 2.74. The summed E-state index contributed by atoms with van der Waals surface area (Å²) in [4.78, 5) is 12.0. The summed E-state index contributed by atoms with van der Waals surface area (Å²) in [6.45, 7) is 3.41. The molecule has 5 heteroatoms. The number of anilines is 2. The summed E-state index contributed by atoms with van der Waals surface area (Å²) in [6.07, 6.45) is 4.61. The van der Waals surface area contributed by atoms with Gasteiger partial charge in [-0.05, 0) is 44.2 Å². The third-order valence-electron chi connectivity index (χ3n) is 3.47. The minimum Gasteiger partial charge on any atom is -0.399 e. The Hall–Kier alpha value is -1.36. The molecule has 0 spiro atoms. The Bertz CT molecular complexity index is 472. The van der Waals surface area contributed by atoms with E-state index in [-0.39, 0.29) is 5.91 Å². The minimum absolute atomic E-state index is 0.0565. The number of thioether (sulfide) groups is 1. The highest BCUT2D eigenvalue weighted by Crippen LogP contribution is 2.47. The van der Waals surface area contributed by atoms with Crippen LogP contribution in [0.3, 0.4) is 0 Å². The average Bonchev–Trinajstić information content (AvgIpc) is 3.17. The molecule has 4 nitrogen and oxygen atoms in total. The lowest BCUT2D eigenvalue weighted by Gasteiger charge is -2.17. The molecule has 0 heterocycles. The zero-order chi connectivity index (χ0) is 13.9. The molecule has 1 aliphatic carbocycles. The van der Waals surface area contributed by atoms with E-state index in [0.29, 0.717) is 22.5 Å². The summed E-state index contributed by atoms with van der Waals surface area (Å²) >= 11 is 1.89. The first-order valence-corrected chi connectivity index (χ1v) is 7.79. The number of nitrogens with one attached hydrogen (secondary N) is 2. The minimum atomic E-state index is -0.0565.